The first-order valence-corrected chi connectivity index (χ1v) is 7.93. The van der Waals surface area contributed by atoms with Gasteiger partial charge in [-0.2, -0.15) is 5.21 Å². The molecule has 1 atom stereocenters. The molecule has 8 nitrogen and oxygen atoms in total. The number of nitrogens with one attached hydrogen (secondary N) is 1. The summed E-state index contributed by atoms with van der Waals surface area (Å²) < 4.78 is 2.10. The van der Waals surface area contributed by atoms with Gasteiger partial charge in [-0.15, -0.1) is 10.2 Å². The topological polar surface area (TPSA) is 92.6 Å². The summed E-state index contributed by atoms with van der Waals surface area (Å²) in [6.45, 7) is 1.62. The number of amides is 1. The van der Waals surface area contributed by atoms with E-state index >= 15 is 0 Å². The Kier molecular flexibility index (Phi) is 3.36. The molecule has 2 aromatic heterocycles. The maximum absolute atomic E-state index is 13.0. The molecule has 22 heavy (non-hydrogen) atoms. The molecule has 4 heterocycles. The van der Waals surface area contributed by atoms with Crippen LogP contribution < -0.4 is 0 Å². The van der Waals surface area contributed by atoms with Crippen LogP contribution in [0.15, 0.2) is 6.20 Å². The molecule has 0 spiro atoms. The zero-order valence-electron chi connectivity index (χ0n) is 12.4. The van der Waals surface area contributed by atoms with Crippen molar-refractivity contribution in [3.05, 3.63) is 23.5 Å². The van der Waals surface area contributed by atoms with Gasteiger partial charge in [-0.1, -0.05) is 11.6 Å². The number of likely N-dealkylation sites (tertiary alicyclic amines) is 1. The number of rotatable bonds is 2. The van der Waals surface area contributed by atoms with E-state index in [2.05, 4.69) is 30.2 Å². The molecule has 2 aromatic rings. The van der Waals surface area contributed by atoms with Gasteiger partial charge in [0, 0.05) is 19.5 Å². The van der Waals surface area contributed by atoms with Crippen molar-refractivity contribution in [3.8, 4) is 0 Å². The third-order valence-corrected chi connectivity index (χ3v) is 4.61. The Labute approximate surface area is 127 Å². The summed E-state index contributed by atoms with van der Waals surface area (Å²) in [6.07, 6.45) is 8.00. The highest BCUT2D eigenvalue weighted by Crippen LogP contribution is 2.31. The lowest BCUT2D eigenvalue weighted by atomic mass is 10.2. The molecule has 4 rings (SSSR count). The summed E-state index contributed by atoms with van der Waals surface area (Å²) in [5, 5.41) is 14.2. The number of imidazole rings is 1. The number of fused-ring (bicyclic) bond motifs is 1. The standard InChI is InChI=1S/C14H19N7O/c22-14(11-9-15-12-6-2-1-3-7-20(11)12)21-8-4-5-10(21)13-16-18-19-17-13/h9-10H,1-8H2,(H,16,17,18,19)/t10-/m0/s1. The number of carbonyl (C=O) groups is 1. The number of tetrazole rings is 1. The van der Waals surface area contributed by atoms with Crippen molar-refractivity contribution in [2.45, 2.75) is 51.1 Å². The smallest absolute Gasteiger partial charge is 0.272 e. The zero-order chi connectivity index (χ0) is 14.9. The van der Waals surface area contributed by atoms with E-state index in [0.717, 1.165) is 51.0 Å². The molecule has 116 valence electrons. The summed E-state index contributed by atoms with van der Waals surface area (Å²) in [5.41, 5.74) is 0.701. The van der Waals surface area contributed by atoms with E-state index in [9.17, 15) is 4.79 Å². The Morgan fingerprint density at radius 1 is 1.23 bits per heavy atom. The highest BCUT2D eigenvalue weighted by atomic mass is 16.2. The summed E-state index contributed by atoms with van der Waals surface area (Å²) in [7, 11) is 0. The maximum Gasteiger partial charge on any atom is 0.272 e. The van der Waals surface area contributed by atoms with E-state index in [0.29, 0.717) is 11.5 Å². The van der Waals surface area contributed by atoms with Crippen molar-refractivity contribution in [1.29, 1.82) is 0 Å². The van der Waals surface area contributed by atoms with E-state index in [4.69, 9.17) is 0 Å². The largest absolute Gasteiger partial charge is 0.327 e. The van der Waals surface area contributed by atoms with Gasteiger partial charge in [-0.3, -0.25) is 4.79 Å². The van der Waals surface area contributed by atoms with Crippen LogP contribution in [0.3, 0.4) is 0 Å². The number of H-pyrrole nitrogens is 1. The molecule has 1 amide bonds. The third kappa shape index (κ3) is 2.18. The third-order valence-electron chi connectivity index (χ3n) is 4.61. The monoisotopic (exact) mass is 301 g/mol. The first-order chi connectivity index (χ1) is 10.8. The van der Waals surface area contributed by atoms with Crippen LogP contribution in [0.5, 0.6) is 0 Å². The quantitative estimate of drug-likeness (QED) is 0.896. The molecule has 0 bridgehead atoms. The number of carbonyl (C=O) groups excluding carboxylic acids is 1. The van der Waals surface area contributed by atoms with E-state index in [-0.39, 0.29) is 11.9 Å². The van der Waals surface area contributed by atoms with Gasteiger partial charge in [0.05, 0.1) is 12.2 Å². The predicted molar refractivity (Wildman–Crippen MR) is 77.0 cm³/mol. The Morgan fingerprint density at radius 2 is 2.18 bits per heavy atom. The first-order valence-electron chi connectivity index (χ1n) is 7.93. The molecule has 8 heteroatoms. The Morgan fingerprint density at radius 3 is 3.05 bits per heavy atom. The minimum absolute atomic E-state index is 0.0351. The lowest BCUT2D eigenvalue weighted by Gasteiger charge is -2.22. The van der Waals surface area contributed by atoms with Gasteiger partial charge in [0.2, 0.25) is 0 Å². The summed E-state index contributed by atoms with van der Waals surface area (Å²) in [5.74, 6) is 1.67. The minimum Gasteiger partial charge on any atom is -0.327 e. The van der Waals surface area contributed by atoms with Crippen molar-refractivity contribution in [3.63, 3.8) is 0 Å². The highest BCUT2D eigenvalue weighted by Gasteiger charge is 2.35. The van der Waals surface area contributed by atoms with Gasteiger partial charge in [0.25, 0.3) is 5.91 Å². The van der Waals surface area contributed by atoms with Crippen LogP contribution in [-0.4, -0.2) is 47.5 Å². The van der Waals surface area contributed by atoms with E-state index in [1.54, 1.807) is 6.20 Å². The lowest BCUT2D eigenvalue weighted by Crippen LogP contribution is -2.32. The Hall–Kier alpha value is -2.25. The second-order valence-electron chi connectivity index (χ2n) is 5.95. The highest BCUT2D eigenvalue weighted by molar-refractivity contribution is 5.93. The van der Waals surface area contributed by atoms with Crippen LogP contribution >= 0.6 is 0 Å². The number of aryl methyl sites for hydroxylation is 1. The van der Waals surface area contributed by atoms with Crippen molar-refractivity contribution in [1.82, 2.24) is 35.1 Å². The Balaban J connectivity index is 1.63. The number of nitrogens with zero attached hydrogens (tertiary/aromatic N) is 6. The molecule has 1 saturated heterocycles. The van der Waals surface area contributed by atoms with E-state index < -0.39 is 0 Å². The molecule has 0 unspecified atom stereocenters. The molecule has 0 aromatic carbocycles. The zero-order valence-corrected chi connectivity index (χ0v) is 12.4. The van der Waals surface area contributed by atoms with Crippen LogP contribution in [0.4, 0.5) is 0 Å². The van der Waals surface area contributed by atoms with Crippen molar-refractivity contribution >= 4 is 5.91 Å². The average molecular weight is 301 g/mol. The SMILES string of the molecule is O=C(c1cnc2n1CCCCC2)N1CCC[C@H]1c1nn[nH]n1. The van der Waals surface area contributed by atoms with Gasteiger partial charge in [-0.25, -0.2) is 4.98 Å². The molecule has 2 aliphatic heterocycles. The fourth-order valence-electron chi connectivity index (χ4n) is 3.50. The van der Waals surface area contributed by atoms with Crippen LogP contribution in [0.1, 0.15) is 60.3 Å². The molecule has 1 N–H and O–H groups in total. The number of hydrogen-bond donors (Lipinski definition) is 1. The molecule has 0 saturated carbocycles. The van der Waals surface area contributed by atoms with Gasteiger partial charge in [0.1, 0.15) is 11.5 Å². The summed E-state index contributed by atoms with van der Waals surface area (Å²) >= 11 is 0. The molecular formula is C14H19N7O. The van der Waals surface area contributed by atoms with Crippen LogP contribution in [0.25, 0.3) is 0 Å². The molecule has 1 fully saturated rings. The van der Waals surface area contributed by atoms with Gasteiger partial charge >= 0.3 is 0 Å². The molecular weight excluding hydrogens is 282 g/mol. The van der Waals surface area contributed by atoms with Crippen molar-refractivity contribution in [2.75, 3.05) is 6.54 Å². The summed E-state index contributed by atoms with van der Waals surface area (Å²) in [6, 6.07) is -0.0804. The van der Waals surface area contributed by atoms with Gasteiger partial charge < -0.3 is 9.47 Å². The van der Waals surface area contributed by atoms with Crippen LogP contribution in [0, 0.1) is 0 Å². The fourth-order valence-corrected chi connectivity index (χ4v) is 3.50. The molecule has 0 aliphatic carbocycles. The number of aromatic nitrogens is 6. The molecule has 0 radical (unpaired) electrons. The second-order valence-corrected chi connectivity index (χ2v) is 5.95. The number of aromatic amines is 1. The Bertz CT molecular complexity index is 663. The predicted octanol–water partition coefficient (Wildman–Crippen LogP) is 1.10. The van der Waals surface area contributed by atoms with Gasteiger partial charge in [0.15, 0.2) is 5.82 Å². The fraction of sp³-hybridized carbons (Fsp3) is 0.643. The summed E-state index contributed by atoms with van der Waals surface area (Å²) in [4.78, 5) is 19.3. The normalized spacial score (nSPS) is 21.6. The van der Waals surface area contributed by atoms with E-state index in [1.165, 1.54) is 6.42 Å². The van der Waals surface area contributed by atoms with Crippen molar-refractivity contribution < 1.29 is 4.79 Å². The lowest BCUT2D eigenvalue weighted by molar-refractivity contribution is 0.0718. The number of hydrogen-bond acceptors (Lipinski definition) is 5. The second kappa shape index (κ2) is 5.51. The van der Waals surface area contributed by atoms with Gasteiger partial charge in [-0.05, 0) is 25.7 Å². The first kappa shape index (κ1) is 13.4. The minimum atomic E-state index is -0.0804. The average Bonchev–Trinajstić information content (AvgIpc) is 3.24. The maximum atomic E-state index is 13.0. The van der Waals surface area contributed by atoms with Crippen molar-refractivity contribution in [2.24, 2.45) is 0 Å². The van der Waals surface area contributed by atoms with Crippen LogP contribution in [-0.2, 0) is 13.0 Å². The molecule has 2 aliphatic rings. The van der Waals surface area contributed by atoms with Crippen LogP contribution in [0.2, 0.25) is 0 Å². The van der Waals surface area contributed by atoms with E-state index in [1.807, 2.05) is 4.90 Å².